The molecule has 9 nitrogen and oxygen atoms in total. The molecule has 0 spiro atoms. The number of carbonyl (C=O) groups is 3. The van der Waals surface area contributed by atoms with Crippen LogP contribution in [0.2, 0.25) is 0 Å². The maximum absolute atomic E-state index is 13.1. The van der Waals surface area contributed by atoms with Crippen molar-refractivity contribution in [2.45, 2.75) is 25.3 Å². The molecule has 0 aliphatic carbocycles. The van der Waals surface area contributed by atoms with Crippen molar-refractivity contribution in [2.75, 3.05) is 6.54 Å². The highest BCUT2D eigenvalue weighted by molar-refractivity contribution is 6.07. The van der Waals surface area contributed by atoms with Crippen LogP contribution in [0.3, 0.4) is 0 Å². The molecule has 1 aromatic carbocycles. The van der Waals surface area contributed by atoms with E-state index in [0.717, 1.165) is 12.8 Å². The molecule has 3 amide bonds. The van der Waals surface area contributed by atoms with Gasteiger partial charge in [0.15, 0.2) is 11.5 Å². The van der Waals surface area contributed by atoms with Crippen LogP contribution in [-0.2, 0) is 4.79 Å². The van der Waals surface area contributed by atoms with Gasteiger partial charge in [0.05, 0.1) is 23.6 Å². The Bertz CT molecular complexity index is 1330. The molecular weight excluding hydrogens is 436 g/mol. The fraction of sp³-hybridized carbons (Fsp3) is 0.200. The Morgan fingerprint density at radius 2 is 1.76 bits per heavy atom. The number of aromatic nitrogens is 1. The summed E-state index contributed by atoms with van der Waals surface area (Å²) in [6, 6.07) is 14.8. The summed E-state index contributed by atoms with van der Waals surface area (Å²) < 4.78 is 10.6. The average Bonchev–Trinajstić information content (AvgIpc) is 3.61. The Kier molecular flexibility index (Phi) is 5.82. The third kappa shape index (κ3) is 4.15. The fourth-order valence-corrected chi connectivity index (χ4v) is 4.17. The third-order valence-electron chi connectivity index (χ3n) is 5.83. The lowest BCUT2D eigenvalue weighted by Crippen LogP contribution is -2.55. The van der Waals surface area contributed by atoms with Crippen molar-refractivity contribution in [3.05, 3.63) is 78.4 Å². The number of hydrogen-bond donors (Lipinski definition) is 2. The third-order valence-corrected chi connectivity index (χ3v) is 5.83. The number of likely N-dealkylation sites (tertiary alicyclic amines) is 1. The zero-order valence-electron chi connectivity index (χ0n) is 18.2. The normalized spacial score (nSPS) is 15.8. The molecule has 0 radical (unpaired) electrons. The molecule has 1 saturated heterocycles. The molecule has 34 heavy (non-hydrogen) atoms. The molecule has 9 heteroatoms. The summed E-state index contributed by atoms with van der Waals surface area (Å²) in [5.41, 5.74) is 6.45. The first-order valence-corrected chi connectivity index (χ1v) is 11.0. The van der Waals surface area contributed by atoms with Gasteiger partial charge in [-0.05, 0) is 55.7 Å². The number of pyridine rings is 1. The van der Waals surface area contributed by atoms with Gasteiger partial charge in [-0.15, -0.1) is 0 Å². The van der Waals surface area contributed by atoms with E-state index in [-0.39, 0.29) is 11.7 Å². The number of hydrazine groups is 1. The second-order valence-electron chi connectivity index (χ2n) is 7.98. The number of hydrogen-bond acceptors (Lipinski definition) is 6. The maximum Gasteiger partial charge on any atom is 0.290 e. The van der Waals surface area contributed by atoms with Crippen LogP contribution < -0.4 is 10.9 Å². The number of nitrogens with one attached hydrogen (secondary N) is 2. The zero-order chi connectivity index (χ0) is 23.5. The van der Waals surface area contributed by atoms with Crippen molar-refractivity contribution in [3.63, 3.8) is 0 Å². The lowest BCUT2D eigenvalue weighted by atomic mass is 10.0. The van der Waals surface area contributed by atoms with Crippen LogP contribution in [-0.4, -0.2) is 40.2 Å². The van der Waals surface area contributed by atoms with Crippen LogP contribution in [0, 0.1) is 0 Å². The Hall–Kier alpha value is -4.40. The highest BCUT2D eigenvalue weighted by Gasteiger charge is 2.34. The Morgan fingerprint density at radius 1 is 0.941 bits per heavy atom. The van der Waals surface area contributed by atoms with E-state index in [9.17, 15) is 14.4 Å². The number of fused-ring (bicyclic) bond motifs is 1. The lowest BCUT2D eigenvalue weighted by molar-refractivity contribution is -0.127. The first-order valence-electron chi connectivity index (χ1n) is 11.0. The van der Waals surface area contributed by atoms with Gasteiger partial charge in [-0.2, -0.15) is 0 Å². The molecule has 1 unspecified atom stereocenters. The van der Waals surface area contributed by atoms with Crippen molar-refractivity contribution in [3.8, 4) is 11.5 Å². The predicted molar refractivity (Wildman–Crippen MR) is 122 cm³/mol. The van der Waals surface area contributed by atoms with Crippen LogP contribution in [0.4, 0.5) is 0 Å². The largest absolute Gasteiger partial charge is 0.463 e. The maximum atomic E-state index is 13.1. The molecule has 5 rings (SSSR count). The molecule has 4 aromatic rings. The Labute approximate surface area is 194 Å². The number of furan rings is 2. The topological polar surface area (TPSA) is 118 Å². The number of nitrogens with zero attached hydrogens (tertiary/aromatic N) is 2. The van der Waals surface area contributed by atoms with Gasteiger partial charge in [0.1, 0.15) is 11.7 Å². The van der Waals surface area contributed by atoms with Gasteiger partial charge >= 0.3 is 0 Å². The first kappa shape index (κ1) is 21.4. The summed E-state index contributed by atoms with van der Waals surface area (Å²) in [6.07, 6.45) is 5.04. The number of piperidine rings is 1. The molecule has 0 saturated carbocycles. The molecule has 2 N–H and O–H groups in total. The smallest absolute Gasteiger partial charge is 0.290 e. The van der Waals surface area contributed by atoms with E-state index in [1.165, 1.54) is 17.4 Å². The van der Waals surface area contributed by atoms with E-state index >= 15 is 0 Å². The summed E-state index contributed by atoms with van der Waals surface area (Å²) in [4.78, 5) is 44.9. The van der Waals surface area contributed by atoms with Gasteiger partial charge in [-0.25, -0.2) is 4.98 Å². The number of carbonyl (C=O) groups excluding carboxylic acids is 3. The number of benzene rings is 1. The molecule has 4 heterocycles. The summed E-state index contributed by atoms with van der Waals surface area (Å²) >= 11 is 0. The van der Waals surface area contributed by atoms with Crippen molar-refractivity contribution < 1.29 is 23.2 Å². The number of rotatable bonds is 4. The summed E-state index contributed by atoms with van der Waals surface area (Å²) in [6.45, 7) is 0.438. The molecule has 0 bridgehead atoms. The molecule has 1 aliphatic rings. The van der Waals surface area contributed by atoms with Crippen LogP contribution in [0.25, 0.3) is 22.4 Å². The minimum atomic E-state index is -0.709. The first-order chi connectivity index (χ1) is 16.6. The standard InChI is InChI=1S/C25H22N4O5/c30-23(17-15-19(21-10-5-13-33-21)26-18-8-2-1-7-16(17)18)27-28-24(31)20-9-3-4-12-29(20)25(32)22-11-6-14-34-22/h1-2,5-8,10-11,13-15,20H,3-4,9,12H2,(H,27,30)(H,28,31). The Morgan fingerprint density at radius 3 is 2.56 bits per heavy atom. The summed E-state index contributed by atoms with van der Waals surface area (Å²) in [5.74, 6) is -0.605. The van der Waals surface area contributed by atoms with Gasteiger partial charge in [-0.1, -0.05) is 18.2 Å². The molecule has 172 valence electrons. The zero-order valence-corrected chi connectivity index (χ0v) is 18.2. The van der Waals surface area contributed by atoms with Crippen LogP contribution in [0.15, 0.2) is 76.0 Å². The molecule has 1 aliphatic heterocycles. The van der Waals surface area contributed by atoms with E-state index < -0.39 is 17.9 Å². The lowest BCUT2D eigenvalue weighted by Gasteiger charge is -2.34. The van der Waals surface area contributed by atoms with Crippen LogP contribution >= 0.6 is 0 Å². The Balaban J connectivity index is 1.34. The SMILES string of the molecule is O=C(NNC(=O)C1CCCCN1C(=O)c1ccco1)c1cc(-c2ccco2)nc2ccccc12. The minimum absolute atomic E-state index is 0.178. The van der Waals surface area contributed by atoms with Crippen LogP contribution in [0.1, 0.15) is 40.2 Å². The monoisotopic (exact) mass is 458 g/mol. The molecule has 1 fully saturated rings. The van der Waals surface area contributed by atoms with Gasteiger partial charge in [0.2, 0.25) is 0 Å². The predicted octanol–water partition coefficient (Wildman–Crippen LogP) is 3.54. The minimum Gasteiger partial charge on any atom is -0.463 e. The highest BCUT2D eigenvalue weighted by atomic mass is 16.3. The molecule has 1 atom stereocenters. The van der Waals surface area contributed by atoms with Crippen molar-refractivity contribution in [2.24, 2.45) is 0 Å². The quantitative estimate of drug-likeness (QED) is 0.452. The van der Waals surface area contributed by atoms with Crippen molar-refractivity contribution in [1.29, 1.82) is 0 Å². The fourth-order valence-electron chi connectivity index (χ4n) is 4.17. The van der Waals surface area contributed by atoms with Crippen LogP contribution in [0.5, 0.6) is 0 Å². The van der Waals surface area contributed by atoms with Gasteiger partial charge in [0.25, 0.3) is 17.7 Å². The van der Waals surface area contributed by atoms with Crippen molar-refractivity contribution in [1.82, 2.24) is 20.7 Å². The number of para-hydroxylation sites is 1. The number of amides is 3. The van der Waals surface area contributed by atoms with Gasteiger partial charge in [0, 0.05) is 11.9 Å². The average molecular weight is 458 g/mol. The molecular formula is C25H22N4O5. The highest BCUT2D eigenvalue weighted by Crippen LogP contribution is 2.25. The van der Waals surface area contributed by atoms with E-state index in [1.807, 2.05) is 12.1 Å². The van der Waals surface area contributed by atoms with E-state index in [0.29, 0.717) is 40.9 Å². The van der Waals surface area contributed by atoms with Crippen molar-refractivity contribution >= 4 is 28.6 Å². The molecule has 3 aromatic heterocycles. The van der Waals surface area contributed by atoms with E-state index in [1.54, 1.807) is 42.5 Å². The second kappa shape index (κ2) is 9.22. The van der Waals surface area contributed by atoms with Gasteiger partial charge < -0.3 is 13.7 Å². The summed E-state index contributed by atoms with van der Waals surface area (Å²) in [7, 11) is 0. The van der Waals surface area contributed by atoms with E-state index in [4.69, 9.17) is 8.83 Å². The van der Waals surface area contributed by atoms with Gasteiger partial charge in [-0.3, -0.25) is 25.2 Å². The summed E-state index contributed by atoms with van der Waals surface area (Å²) in [5, 5.41) is 0.636. The van der Waals surface area contributed by atoms with E-state index in [2.05, 4.69) is 15.8 Å². The second-order valence-corrected chi connectivity index (χ2v) is 7.98.